The topological polar surface area (TPSA) is 85.8 Å². The number of carbonyl (C=O) groups excluding carboxylic acids is 1. The average Bonchev–Trinajstić information content (AvgIpc) is 2.83. The fourth-order valence-electron chi connectivity index (χ4n) is 3.89. The molecule has 0 unspecified atom stereocenters. The predicted octanol–water partition coefficient (Wildman–Crippen LogP) is 4.16. The SMILES string of the molecule is COc1cc(NC(=O)[C@H]2CCCN(c3nc4ccccc4nc3OC)C2)c(OC)cc1Cl. The Kier molecular flexibility index (Phi) is 6.50. The van der Waals surface area contributed by atoms with Gasteiger partial charge in [0.05, 0.1) is 49.0 Å². The van der Waals surface area contributed by atoms with Crippen molar-refractivity contribution >= 4 is 40.0 Å². The molecule has 1 amide bonds. The van der Waals surface area contributed by atoms with Gasteiger partial charge in [-0.05, 0) is 25.0 Å². The van der Waals surface area contributed by atoms with Crippen LogP contribution in [0.25, 0.3) is 11.0 Å². The third kappa shape index (κ3) is 4.36. The van der Waals surface area contributed by atoms with Gasteiger partial charge in [0.25, 0.3) is 5.88 Å². The van der Waals surface area contributed by atoms with Crippen LogP contribution in [0.2, 0.25) is 5.02 Å². The molecule has 0 bridgehead atoms. The number of methoxy groups -OCH3 is 3. The molecule has 32 heavy (non-hydrogen) atoms. The molecule has 0 aliphatic carbocycles. The third-order valence-corrected chi connectivity index (χ3v) is 5.83. The minimum Gasteiger partial charge on any atom is -0.495 e. The number of nitrogens with one attached hydrogen (secondary N) is 1. The Balaban J connectivity index is 1.56. The second-order valence-corrected chi connectivity index (χ2v) is 7.91. The predicted molar refractivity (Wildman–Crippen MR) is 124 cm³/mol. The van der Waals surface area contributed by atoms with Crippen molar-refractivity contribution in [1.29, 1.82) is 0 Å². The Hall–Kier alpha value is -3.26. The zero-order valence-electron chi connectivity index (χ0n) is 18.2. The number of hydrogen-bond donors (Lipinski definition) is 1. The smallest absolute Gasteiger partial charge is 0.257 e. The average molecular weight is 457 g/mol. The van der Waals surface area contributed by atoms with Crippen molar-refractivity contribution in [2.24, 2.45) is 5.92 Å². The maximum Gasteiger partial charge on any atom is 0.257 e. The molecule has 2 aromatic carbocycles. The number of aromatic nitrogens is 2. The normalized spacial score (nSPS) is 16.0. The van der Waals surface area contributed by atoms with E-state index in [9.17, 15) is 4.79 Å². The van der Waals surface area contributed by atoms with E-state index >= 15 is 0 Å². The van der Waals surface area contributed by atoms with E-state index < -0.39 is 0 Å². The summed E-state index contributed by atoms with van der Waals surface area (Å²) < 4.78 is 16.2. The van der Waals surface area contributed by atoms with Crippen LogP contribution in [-0.4, -0.2) is 50.3 Å². The molecule has 1 N–H and O–H groups in total. The lowest BCUT2D eigenvalue weighted by atomic mass is 9.97. The molecular formula is C23H25ClN4O4. The molecule has 0 spiro atoms. The van der Waals surface area contributed by atoms with E-state index in [1.165, 1.54) is 14.2 Å². The third-order valence-electron chi connectivity index (χ3n) is 5.54. The first-order valence-electron chi connectivity index (χ1n) is 10.3. The van der Waals surface area contributed by atoms with Crippen LogP contribution in [0, 0.1) is 5.92 Å². The minimum atomic E-state index is -0.242. The number of rotatable bonds is 6. The Morgan fingerprint density at radius 2 is 1.78 bits per heavy atom. The molecule has 1 aliphatic rings. The summed E-state index contributed by atoms with van der Waals surface area (Å²) in [4.78, 5) is 24.5. The largest absolute Gasteiger partial charge is 0.495 e. The van der Waals surface area contributed by atoms with E-state index in [2.05, 4.69) is 15.2 Å². The van der Waals surface area contributed by atoms with E-state index in [-0.39, 0.29) is 11.8 Å². The van der Waals surface area contributed by atoms with Gasteiger partial charge in [0, 0.05) is 25.2 Å². The summed E-state index contributed by atoms with van der Waals surface area (Å²) >= 11 is 6.17. The van der Waals surface area contributed by atoms with Crippen molar-refractivity contribution in [2.75, 3.05) is 44.6 Å². The number of piperidine rings is 1. The molecule has 2 heterocycles. The first-order chi connectivity index (χ1) is 15.5. The minimum absolute atomic E-state index is 0.106. The fourth-order valence-corrected chi connectivity index (χ4v) is 4.12. The molecule has 3 aromatic rings. The van der Waals surface area contributed by atoms with Gasteiger partial charge in [0.2, 0.25) is 5.91 Å². The van der Waals surface area contributed by atoms with Crippen LogP contribution in [0.5, 0.6) is 17.4 Å². The van der Waals surface area contributed by atoms with E-state index in [4.69, 9.17) is 30.8 Å². The number of para-hydroxylation sites is 2. The van der Waals surface area contributed by atoms with Gasteiger partial charge in [0.15, 0.2) is 5.82 Å². The van der Waals surface area contributed by atoms with Crippen LogP contribution >= 0.6 is 11.6 Å². The molecular weight excluding hydrogens is 432 g/mol. The first-order valence-corrected chi connectivity index (χ1v) is 10.7. The summed E-state index contributed by atoms with van der Waals surface area (Å²) in [6.45, 7) is 1.27. The molecule has 1 fully saturated rings. The van der Waals surface area contributed by atoms with E-state index in [1.54, 1.807) is 19.2 Å². The fraction of sp³-hybridized carbons (Fsp3) is 0.348. The summed E-state index contributed by atoms with van der Waals surface area (Å²) in [6, 6.07) is 10.9. The second kappa shape index (κ2) is 9.48. The molecule has 0 saturated carbocycles. The number of halogens is 1. The van der Waals surface area contributed by atoms with Crippen molar-refractivity contribution in [3.05, 3.63) is 41.4 Å². The maximum atomic E-state index is 13.1. The van der Waals surface area contributed by atoms with Crippen LogP contribution in [0.1, 0.15) is 12.8 Å². The van der Waals surface area contributed by atoms with Gasteiger partial charge in [-0.2, -0.15) is 0 Å². The van der Waals surface area contributed by atoms with Crippen molar-refractivity contribution in [1.82, 2.24) is 9.97 Å². The first kappa shape index (κ1) is 22.0. The van der Waals surface area contributed by atoms with Crippen LogP contribution in [0.3, 0.4) is 0 Å². The highest BCUT2D eigenvalue weighted by molar-refractivity contribution is 6.32. The van der Waals surface area contributed by atoms with Gasteiger partial charge >= 0.3 is 0 Å². The van der Waals surface area contributed by atoms with Crippen molar-refractivity contribution in [3.63, 3.8) is 0 Å². The maximum absolute atomic E-state index is 13.1. The van der Waals surface area contributed by atoms with Gasteiger partial charge in [-0.15, -0.1) is 0 Å². The van der Waals surface area contributed by atoms with E-state index in [0.717, 1.165) is 30.4 Å². The number of hydrogen-bond acceptors (Lipinski definition) is 7. The molecule has 0 radical (unpaired) electrons. The lowest BCUT2D eigenvalue weighted by Gasteiger charge is -2.33. The zero-order chi connectivity index (χ0) is 22.7. The number of benzene rings is 2. The summed E-state index contributed by atoms with van der Waals surface area (Å²) in [5.41, 5.74) is 2.06. The Morgan fingerprint density at radius 1 is 1.06 bits per heavy atom. The van der Waals surface area contributed by atoms with Crippen LogP contribution in [0.4, 0.5) is 11.5 Å². The molecule has 9 heteroatoms. The Labute approximate surface area is 191 Å². The van der Waals surface area contributed by atoms with Gasteiger partial charge in [-0.25, -0.2) is 9.97 Å². The second-order valence-electron chi connectivity index (χ2n) is 7.51. The van der Waals surface area contributed by atoms with Gasteiger partial charge in [-0.3, -0.25) is 4.79 Å². The standard InChI is InChI=1S/C23H25ClN4O4/c1-30-19-12-18(20(31-2)11-15(19)24)26-22(29)14-7-6-10-28(13-14)21-23(32-3)27-17-9-5-4-8-16(17)25-21/h4-5,8-9,11-12,14H,6-7,10,13H2,1-3H3,(H,26,29)/t14-/m0/s1. The molecule has 8 nitrogen and oxygen atoms in total. The number of anilines is 2. The Bertz CT molecular complexity index is 1140. The highest BCUT2D eigenvalue weighted by atomic mass is 35.5. The summed E-state index contributed by atoms with van der Waals surface area (Å²) in [6.07, 6.45) is 1.61. The number of amides is 1. The monoisotopic (exact) mass is 456 g/mol. The van der Waals surface area contributed by atoms with E-state index in [1.807, 2.05) is 24.3 Å². The lowest BCUT2D eigenvalue weighted by Crippen LogP contribution is -2.41. The molecule has 4 rings (SSSR count). The van der Waals surface area contributed by atoms with Crippen LogP contribution in [-0.2, 0) is 4.79 Å². The Morgan fingerprint density at radius 3 is 2.47 bits per heavy atom. The van der Waals surface area contributed by atoms with Crippen LogP contribution in [0.15, 0.2) is 36.4 Å². The summed E-state index contributed by atoms with van der Waals surface area (Å²) in [5.74, 6) is 1.68. The van der Waals surface area contributed by atoms with Gasteiger partial charge < -0.3 is 24.4 Å². The molecule has 168 valence electrons. The number of ether oxygens (including phenoxy) is 3. The molecule has 1 saturated heterocycles. The molecule has 1 aromatic heterocycles. The van der Waals surface area contributed by atoms with Crippen molar-refractivity contribution < 1.29 is 19.0 Å². The van der Waals surface area contributed by atoms with Gasteiger partial charge in [-0.1, -0.05) is 23.7 Å². The number of nitrogens with zero attached hydrogens (tertiary/aromatic N) is 3. The van der Waals surface area contributed by atoms with E-state index in [0.29, 0.717) is 40.5 Å². The summed E-state index contributed by atoms with van der Waals surface area (Å²) in [5, 5.41) is 3.38. The summed E-state index contributed by atoms with van der Waals surface area (Å²) in [7, 11) is 4.63. The highest BCUT2D eigenvalue weighted by Crippen LogP contribution is 2.37. The highest BCUT2D eigenvalue weighted by Gasteiger charge is 2.29. The van der Waals surface area contributed by atoms with Crippen LogP contribution < -0.4 is 24.4 Å². The van der Waals surface area contributed by atoms with Gasteiger partial charge in [0.1, 0.15) is 11.5 Å². The number of carbonyl (C=O) groups is 1. The lowest BCUT2D eigenvalue weighted by molar-refractivity contribution is -0.120. The quantitative estimate of drug-likeness (QED) is 0.595. The zero-order valence-corrected chi connectivity index (χ0v) is 19.0. The van der Waals surface area contributed by atoms with Crippen molar-refractivity contribution in [2.45, 2.75) is 12.8 Å². The number of fused-ring (bicyclic) bond motifs is 1. The van der Waals surface area contributed by atoms with Crippen molar-refractivity contribution in [3.8, 4) is 17.4 Å². The molecule has 1 aliphatic heterocycles. The molecule has 1 atom stereocenters.